The molecule has 2 aromatic carbocycles. The van der Waals surface area contributed by atoms with Gasteiger partial charge in [0.1, 0.15) is 0 Å². The Bertz CT molecular complexity index is 869. The van der Waals surface area contributed by atoms with E-state index in [2.05, 4.69) is 31.4 Å². The molecule has 21 heavy (non-hydrogen) atoms. The molecule has 3 aromatic rings. The molecule has 0 atom stereocenters. The van der Waals surface area contributed by atoms with E-state index >= 15 is 0 Å². The minimum absolute atomic E-state index is 0.278. The Morgan fingerprint density at radius 1 is 1.05 bits per heavy atom. The topological polar surface area (TPSA) is 74.8 Å². The van der Waals surface area contributed by atoms with Crippen LogP contribution < -0.4 is 10.9 Å². The predicted molar refractivity (Wildman–Crippen MR) is 84.5 cm³/mol. The van der Waals surface area contributed by atoms with Gasteiger partial charge in [0.25, 0.3) is 11.5 Å². The van der Waals surface area contributed by atoms with Crippen LogP contribution in [-0.2, 0) is 0 Å². The van der Waals surface area contributed by atoms with Gasteiger partial charge in [-0.15, -0.1) is 0 Å². The Balaban J connectivity index is 1.89. The van der Waals surface area contributed by atoms with E-state index in [9.17, 15) is 9.59 Å². The molecular formula is C15H10BrN3O2. The number of anilines is 1. The SMILES string of the molecule is O=C(Nc1ccc(=O)[nH]n1)c1ccc2cc(Br)ccc2c1. The van der Waals surface area contributed by atoms with E-state index in [1.165, 1.54) is 12.1 Å². The number of benzene rings is 2. The van der Waals surface area contributed by atoms with E-state index in [4.69, 9.17) is 0 Å². The smallest absolute Gasteiger partial charge is 0.264 e. The number of rotatable bonds is 2. The number of fused-ring (bicyclic) bond motifs is 1. The van der Waals surface area contributed by atoms with Gasteiger partial charge >= 0.3 is 0 Å². The molecule has 1 amide bonds. The van der Waals surface area contributed by atoms with E-state index in [0.717, 1.165) is 15.2 Å². The second-order valence-electron chi connectivity index (χ2n) is 4.47. The van der Waals surface area contributed by atoms with Gasteiger partial charge in [0.05, 0.1) is 0 Å². The second-order valence-corrected chi connectivity index (χ2v) is 5.38. The number of nitrogens with one attached hydrogen (secondary N) is 2. The molecule has 6 heteroatoms. The number of hydrogen-bond donors (Lipinski definition) is 2. The molecule has 0 saturated carbocycles. The largest absolute Gasteiger partial charge is 0.305 e. The first-order chi connectivity index (χ1) is 10.1. The molecular weight excluding hydrogens is 334 g/mol. The number of amides is 1. The molecule has 0 spiro atoms. The fourth-order valence-corrected chi connectivity index (χ4v) is 2.34. The van der Waals surface area contributed by atoms with Crippen molar-refractivity contribution in [3.8, 4) is 0 Å². The highest BCUT2D eigenvalue weighted by molar-refractivity contribution is 9.10. The van der Waals surface area contributed by atoms with Gasteiger partial charge in [-0.1, -0.05) is 28.1 Å². The van der Waals surface area contributed by atoms with E-state index < -0.39 is 0 Å². The number of carbonyl (C=O) groups is 1. The summed E-state index contributed by atoms with van der Waals surface area (Å²) < 4.78 is 0.990. The molecule has 0 saturated heterocycles. The van der Waals surface area contributed by atoms with Gasteiger partial charge in [-0.2, -0.15) is 5.10 Å². The van der Waals surface area contributed by atoms with Crippen LogP contribution >= 0.6 is 15.9 Å². The van der Waals surface area contributed by atoms with Crippen molar-refractivity contribution in [3.05, 3.63) is 68.9 Å². The number of aromatic amines is 1. The van der Waals surface area contributed by atoms with Crippen molar-refractivity contribution in [1.82, 2.24) is 10.2 Å². The van der Waals surface area contributed by atoms with Crippen LogP contribution in [0.1, 0.15) is 10.4 Å². The van der Waals surface area contributed by atoms with Gasteiger partial charge in [0, 0.05) is 16.1 Å². The van der Waals surface area contributed by atoms with Crippen LogP contribution in [0.4, 0.5) is 5.82 Å². The first kappa shape index (κ1) is 13.5. The Hall–Kier alpha value is -2.47. The lowest BCUT2D eigenvalue weighted by atomic mass is 10.1. The van der Waals surface area contributed by atoms with Crippen molar-refractivity contribution in [2.45, 2.75) is 0 Å². The van der Waals surface area contributed by atoms with Gasteiger partial charge in [0.15, 0.2) is 5.82 Å². The molecule has 0 aliphatic carbocycles. The van der Waals surface area contributed by atoms with Gasteiger partial charge in [-0.25, -0.2) is 5.10 Å². The first-order valence-corrected chi connectivity index (χ1v) is 6.97. The molecule has 0 aliphatic rings. The van der Waals surface area contributed by atoms with Gasteiger partial charge in [0.2, 0.25) is 0 Å². The molecule has 1 aromatic heterocycles. The summed E-state index contributed by atoms with van der Waals surface area (Å²) in [6.45, 7) is 0. The van der Waals surface area contributed by atoms with E-state index in [1.54, 1.807) is 6.07 Å². The van der Waals surface area contributed by atoms with Crippen LogP contribution in [0.3, 0.4) is 0 Å². The molecule has 104 valence electrons. The van der Waals surface area contributed by atoms with Gasteiger partial charge < -0.3 is 5.32 Å². The third-order valence-corrected chi connectivity index (χ3v) is 3.48. The number of nitrogens with zero attached hydrogens (tertiary/aromatic N) is 1. The minimum atomic E-state index is -0.315. The zero-order valence-electron chi connectivity index (χ0n) is 10.8. The van der Waals surface area contributed by atoms with E-state index in [0.29, 0.717) is 11.4 Å². The maximum Gasteiger partial charge on any atom is 0.264 e. The van der Waals surface area contributed by atoms with Crippen LogP contribution in [0.25, 0.3) is 10.8 Å². The monoisotopic (exact) mass is 343 g/mol. The number of carbonyl (C=O) groups excluding carboxylic acids is 1. The van der Waals surface area contributed by atoms with E-state index in [1.807, 2.05) is 30.3 Å². The average Bonchev–Trinajstić information content (AvgIpc) is 2.49. The molecule has 0 fully saturated rings. The molecule has 1 heterocycles. The fraction of sp³-hybridized carbons (Fsp3) is 0. The maximum absolute atomic E-state index is 12.2. The standard InChI is InChI=1S/C15H10BrN3O2/c16-12-4-3-9-7-11(2-1-10(9)8-12)15(21)17-13-5-6-14(20)19-18-13/h1-8H,(H,19,20)(H,17,18,21). The van der Waals surface area contributed by atoms with Crippen molar-refractivity contribution in [2.75, 3.05) is 5.32 Å². The highest BCUT2D eigenvalue weighted by atomic mass is 79.9. The predicted octanol–water partition coefficient (Wildman–Crippen LogP) is 2.94. The lowest BCUT2D eigenvalue weighted by molar-refractivity contribution is 0.102. The lowest BCUT2D eigenvalue weighted by Gasteiger charge is -2.05. The van der Waals surface area contributed by atoms with Gasteiger partial charge in [-0.3, -0.25) is 9.59 Å². The van der Waals surface area contributed by atoms with E-state index in [-0.39, 0.29) is 11.5 Å². The number of H-pyrrole nitrogens is 1. The lowest BCUT2D eigenvalue weighted by Crippen LogP contribution is -2.15. The number of aromatic nitrogens is 2. The van der Waals surface area contributed by atoms with Crippen LogP contribution in [-0.4, -0.2) is 16.1 Å². The minimum Gasteiger partial charge on any atom is -0.305 e. The summed E-state index contributed by atoms with van der Waals surface area (Å²) in [5, 5.41) is 10.7. The van der Waals surface area contributed by atoms with Crippen molar-refractivity contribution in [3.63, 3.8) is 0 Å². The molecule has 3 rings (SSSR count). The molecule has 0 radical (unpaired) electrons. The molecule has 0 bridgehead atoms. The van der Waals surface area contributed by atoms with Crippen LogP contribution in [0, 0.1) is 0 Å². The third-order valence-electron chi connectivity index (χ3n) is 2.99. The Morgan fingerprint density at radius 3 is 2.57 bits per heavy atom. The summed E-state index contributed by atoms with van der Waals surface area (Å²) >= 11 is 3.41. The molecule has 2 N–H and O–H groups in total. The maximum atomic E-state index is 12.2. The van der Waals surface area contributed by atoms with Crippen molar-refractivity contribution >= 4 is 38.4 Å². The third kappa shape index (κ3) is 3.00. The van der Waals surface area contributed by atoms with Crippen LogP contribution in [0.2, 0.25) is 0 Å². The highest BCUT2D eigenvalue weighted by Crippen LogP contribution is 2.21. The average molecular weight is 344 g/mol. The summed E-state index contributed by atoms with van der Waals surface area (Å²) in [6, 6.07) is 14.0. The Morgan fingerprint density at radius 2 is 1.81 bits per heavy atom. The first-order valence-electron chi connectivity index (χ1n) is 6.18. The summed E-state index contributed by atoms with van der Waals surface area (Å²) in [4.78, 5) is 23.1. The zero-order valence-corrected chi connectivity index (χ0v) is 12.3. The van der Waals surface area contributed by atoms with Gasteiger partial charge in [-0.05, 0) is 41.1 Å². The molecule has 0 unspecified atom stereocenters. The molecule has 0 aliphatic heterocycles. The Kier molecular flexibility index (Phi) is 3.53. The van der Waals surface area contributed by atoms with Crippen LogP contribution in [0.5, 0.6) is 0 Å². The normalized spacial score (nSPS) is 10.5. The number of halogens is 1. The van der Waals surface area contributed by atoms with Crippen molar-refractivity contribution in [1.29, 1.82) is 0 Å². The summed E-state index contributed by atoms with van der Waals surface area (Å²) in [7, 11) is 0. The van der Waals surface area contributed by atoms with Crippen molar-refractivity contribution < 1.29 is 4.79 Å². The van der Waals surface area contributed by atoms with Crippen molar-refractivity contribution in [2.24, 2.45) is 0 Å². The van der Waals surface area contributed by atoms with Crippen LogP contribution in [0.15, 0.2) is 57.8 Å². The summed E-state index contributed by atoms with van der Waals surface area (Å²) in [5.41, 5.74) is 0.210. The highest BCUT2D eigenvalue weighted by Gasteiger charge is 2.08. The fourth-order valence-electron chi connectivity index (χ4n) is 1.96. The zero-order chi connectivity index (χ0) is 14.8. The summed E-state index contributed by atoms with van der Waals surface area (Å²) in [5.74, 6) is 0.0230. The Labute approximate surface area is 128 Å². The molecule has 5 nitrogen and oxygen atoms in total. The second kappa shape index (κ2) is 5.49. The quantitative estimate of drug-likeness (QED) is 0.751. The summed E-state index contributed by atoms with van der Waals surface area (Å²) in [6.07, 6.45) is 0. The number of hydrogen-bond acceptors (Lipinski definition) is 3.